The summed E-state index contributed by atoms with van der Waals surface area (Å²) >= 11 is 0. The maximum absolute atomic E-state index is 10.5. The Morgan fingerprint density at radius 1 is 1.19 bits per heavy atom. The molecule has 2 heteroatoms. The summed E-state index contributed by atoms with van der Waals surface area (Å²) in [6.07, 6.45) is 5.89. The maximum Gasteiger partial charge on any atom is 0.0826 e. The van der Waals surface area contributed by atoms with Gasteiger partial charge in [-0.1, -0.05) is 36.4 Å². The van der Waals surface area contributed by atoms with Gasteiger partial charge in [0.05, 0.1) is 6.61 Å². The van der Waals surface area contributed by atoms with Gasteiger partial charge in [-0.25, -0.2) is 5.11 Å². The number of rotatable bonds is 4. The molecule has 1 aromatic carbocycles. The minimum Gasteiger partial charge on any atom is -0.385 e. The largest absolute Gasteiger partial charge is 0.385 e. The van der Waals surface area contributed by atoms with Gasteiger partial charge in [-0.2, -0.15) is 0 Å². The molecule has 0 unspecified atom stereocenters. The number of allylic oxidation sites excluding steroid dienone is 3. The molecule has 1 heterocycles. The molecule has 1 N–H and O–H groups in total. The number of nitrogens with one attached hydrogen (secondary N) is 1. The fourth-order valence-corrected chi connectivity index (χ4v) is 1.84. The first-order chi connectivity index (χ1) is 7.90. The minimum absolute atomic E-state index is 0.00338. The molecule has 16 heavy (non-hydrogen) atoms. The summed E-state index contributed by atoms with van der Waals surface area (Å²) in [5, 5.41) is 13.8. The van der Waals surface area contributed by atoms with Crippen LogP contribution in [-0.2, 0) is 5.11 Å². The highest BCUT2D eigenvalue weighted by molar-refractivity contribution is 5.75. The van der Waals surface area contributed by atoms with Gasteiger partial charge in [0.25, 0.3) is 0 Å². The zero-order valence-electron chi connectivity index (χ0n) is 9.28. The molecule has 2 nitrogen and oxygen atoms in total. The highest BCUT2D eigenvalue weighted by atomic mass is 16.2. The molecule has 1 radical (unpaired) electrons. The van der Waals surface area contributed by atoms with Crippen molar-refractivity contribution in [2.45, 2.75) is 12.8 Å². The molecule has 0 amide bonds. The van der Waals surface area contributed by atoms with Crippen LogP contribution in [0.1, 0.15) is 18.4 Å². The quantitative estimate of drug-likeness (QED) is 0.821. The highest BCUT2D eigenvalue weighted by Gasteiger charge is 2.05. The number of benzene rings is 1. The number of dihydropyridines is 1. The molecule has 0 aliphatic carbocycles. The smallest absolute Gasteiger partial charge is 0.0826 e. The van der Waals surface area contributed by atoms with Crippen LogP contribution in [0.4, 0.5) is 0 Å². The van der Waals surface area contributed by atoms with Gasteiger partial charge in [0.15, 0.2) is 0 Å². The van der Waals surface area contributed by atoms with Gasteiger partial charge in [-0.05, 0) is 30.1 Å². The normalized spacial score (nSPS) is 15.1. The Kier molecular flexibility index (Phi) is 3.78. The summed E-state index contributed by atoms with van der Waals surface area (Å²) < 4.78 is 0. The lowest BCUT2D eigenvalue weighted by molar-refractivity contribution is 0.189. The Balaban J connectivity index is 2.11. The predicted octanol–water partition coefficient (Wildman–Crippen LogP) is 2.77. The standard InChI is InChI=1S/C14H16NO/c16-10-4-7-14-11-13(8-9-15-14)12-5-2-1-3-6-12/h1-3,5-6,8,11,15H,4,7,9-10H2. The van der Waals surface area contributed by atoms with Gasteiger partial charge in [0.2, 0.25) is 0 Å². The first-order valence-corrected chi connectivity index (χ1v) is 5.68. The average Bonchev–Trinajstić information content (AvgIpc) is 2.38. The van der Waals surface area contributed by atoms with Crippen molar-refractivity contribution in [2.24, 2.45) is 0 Å². The maximum atomic E-state index is 10.5. The molecule has 83 valence electrons. The van der Waals surface area contributed by atoms with Crippen molar-refractivity contribution in [3.8, 4) is 0 Å². The molecule has 1 aromatic rings. The van der Waals surface area contributed by atoms with Gasteiger partial charge in [0, 0.05) is 12.2 Å². The van der Waals surface area contributed by atoms with Crippen molar-refractivity contribution >= 4 is 5.57 Å². The van der Waals surface area contributed by atoms with E-state index in [1.54, 1.807) is 0 Å². The van der Waals surface area contributed by atoms with Crippen LogP contribution in [-0.4, -0.2) is 13.2 Å². The van der Waals surface area contributed by atoms with Gasteiger partial charge in [-0.3, -0.25) is 0 Å². The van der Waals surface area contributed by atoms with Gasteiger partial charge in [0.1, 0.15) is 0 Å². The fraction of sp³-hybridized carbons (Fsp3) is 0.286. The SMILES string of the molecule is [O]CCCC1=CC(c2ccccc2)=CCN1. The molecule has 0 fully saturated rings. The van der Waals surface area contributed by atoms with Crippen LogP contribution >= 0.6 is 0 Å². The lowest BCUT2D eigenvalue weighted by Crippen LogP contribution is -2.17. The molecule has 2 rings (SSSR count). The van der Waals surface area contributed by atoms with Crippen LogP contribution in [0.15, 0.2) is 48.2 Å². The van der Waals surface area contributed by atoms with E-state index in [1.165, 1.54) is 16.8 Å². The number of hydrogen-bond donors (Lipinski definition) is 1. The predicted molar refractivity (Wildman–Crippen MR) is 65.3 cm³/mol. The van der Waals surface area contributed by atoms with E-state index < -0.39 is 0 Å². The molecule has 0 atom stereocenters. The third-order valence-electron chi connectivity index (χ3n) is 2.68. The Morgan fingerprint density at radius 2 is 2.00 bits per heavy atom. The first-order valence-electron chi connectivity index (χ1n) is 5.68. The summed E-state index contributed by atoms with van der Waals surface area (Å²) in [7, 11) is 0. The Morgan fingerprint density at radius 3 is 2.75 bits per heavy atom. The summed E-state index contributed by atoms with van der Waals surface area (Å²) in [6, 6.07) is 10.3. The molecule has 0 saturated carbocycles. The molecule has 0 bridgehead atoms. The second kappa shape index (κ2) is 5.52. The third kappa shape index (κ3) is 2.74. The molecular weight excluding hydrogens is 198 g/mol. The monoisotopic (exact) mass is 214 g/mol. The van der Waals surface area contributed by atoms with E-state index in [9.17, 15) is 5.11 Å². The molecule has 0 spiro atoms. The molecule has 0 saturated heterocycles. The van der Waals surface area contributed by atoms with Crippen molar-refractivity contribution < 1.29 is 5.11 Å². The van der Waals surface area contributed by atoms with Crippen LogP contribution in [0.25, 0.3) is 5.57 Å². The third-order valence-corrected chi connectivity index (χ3v) is 2.68. The number of hydrogen-bond acceptors (Lipinski definition) is 1. The molecule has 1 aliphatic heterocycles. The molecular formula is C14H16NO. The summed E-state index contributed by atoms with van der Waals surface area (Å²) in [5.41, 5.74) is 3.67. The van der Waals surface area contributed by atoms with Crippen LogP contribution < -0.4 is 5.32 Å². The van der Waals surface area contributed by atoms with Crippen LogP contribution in [0.3, 0.4) is 0 Å². The Hall–Kier alpha value is -1.54. The topological polar surface area (TPSA) is 31.9 Å². The van der Waals surface area contributed by atoms with Gasteiger partial charge in [-0.15, -0.1) is 0 Å². The van der Waals surface area contributed by atoms with E-state index in [0.29, 0.717) is 6.42 Å². The van der Waals surface area contributed by atoms with Crippen molar-refractivity contribution in [1.29, 1.82) is 0 Å². The first kappa shape index (κ1) is 11.0. The molecule has 1 aliphatic rings. The van der Waals surface area contributed by atoms with E-state index in [0.717, 1.165) is 13.0 Å². The van der Waals surface area contributed by atoms with E-state index >= 15 is 0 Å². The summed E-state index contributed by atoms with van der Waals surface area (Å²) in [5.74, 6) is 0. The van der Waals surface area contributed by atoms with Gasteiger partial charge >= 0.3 is 0 Å². The summed E-state index contributed by atoms with van der Waals surface area (Å²) in [4.78, 5) is 0. The Labute approximate surface area is 96.3 Å². The second-order valence-corrected chi connectivity index (χ2v) is 3.88. The second-order valence-electron chi connectivity index (χ2n) is 3.88. The lowest BCUT2D eigenvalue weighted by Gasteiger charge is -2.16. The zero-order chi connectivity index (χ0) is 11.2. The van der Waals surface area contributed by atoms with Crippen LogP contribution in [0, 0.1) is 0 Å². The van der Waals surface area contributed by atoms with Crippen LogP contribution in [0.2, 0.25) is 0 Å². The minimum atomic E-state index is 0.00338. The van der Waals surface area contributed by atoms with Crippen LogP contribution in [0.5, 0.6) is 0 Å². The van der Waals surface area contributed by atoms with E-state index in [2.05, 4.69) is 29.6 Å². The Bertz CT molecular complexity index is 392. The van der Waals surface area contributed by atoms with Crippen molar-refractivity contribution in [3.05, 3.63) is 53.7 Å². The average molecular weight is 214 g/mol. The zero-order valence-corrected chi connectivity index (χ0v) is 9.28. The lowest BCUT2D eigenvalue weighted by atomic mass is 10.0. The van der Waals surface area contributed by atoms with E-state index in [1.807, 2.05) is 18.2 Å². The van der Waals surface area contributed by atoms with E-state index in [4.69, 9.17) is 0 Å². The van der Waals surface area contributed by atoms with E-state index in [-0.39, 0.29) is 6.61 Å². The summed E-state index contributed by atoms with van der Waals surface area (Å²) in [6.45, 7) is 0.859. The van der Waals surface area contributed by atoms with Crippen molar-refractivity contribution in [1.82, 2.24) is 5.32 Å². The molecule has 0 aromatic heterocycles. The van der Waals surface area contributed by atoms with Gasteiger partial charge < -0.3 is 5.32 Å². The highest BCUT2D eigenvalue weighted by Crippen LogP contribution is 2.20. The fourth-order valence-electron chi connectivity index (χ4n) is 1.84. The van der Waals surface area contributed by atoms with Crippen molar-refractivity contribution in [2.75, 3.05) is 13.2 Å². The van der Waals surface area contributed by atoms with Crippen molar-refractivity contribution in [3.63, 3.8) is 0 Å².